The lowest BCUT2D eigenvalue weighted by atomic mass is 9.95. The first kappa shape index (κ1) is 21.1. The van der Waals surface area contributed by atoms with E-state index in [2.05, 4.69) is 45.4 Å². The van der Waals surface area contributed by atoms with Gasteiger partial charge < -0.3 is 15.3 Å². The minimum atomic E-state index is 0.117. The third kappa shape index (κ3) is 6.49. The van der Waals surface area contributed by atoms with Crippen LogP contribution in [0.4, 0.5) is 4.79 Å². The van der Waals surface area contributed by atoms with Gasteiger partial charge in [-0.05, 0) is 44.1 Å². The Balaban J connectivity index is 1.52. The molecular formula is C23H37N3O2. The van der Waals surface area contributed by atoms with Crippen LogP contribution in [0, 0.1) is 0 Å². The van der Waals surface area contributed by atoms with Crippen LogP contribution in [0.15, 0.2) is 30.3 Å². The van der Waals surface area contributed by atoms with Crippen molar-refractivity contribution >= 4 is 6.03 Å². The molecule has 2 fully saturated rings. The largest absolute Gasteiger partial charge is 0.396 e. The van der Waals surface area contributed by atoms with Gasteiger partial charge in [0.2, 0.25) is 0 Å². The van der Waals surface area contributed by atoms with Crippen LogP contribution in [0.1, 0.15) is 63.4 Å². The van der Waals surface area contributed by atoms with Crippen LogP contribution < -0.4 is 5.32 Å². The SMILES string of the molecule is O=C(NC1CCCCC1)N(CCCCO)C1CCN(Cc2ccccc2)CC1. The zero-order valence-electron chi connectivity index (χ0n) is 17.2. The number of unbranched alkanes of at least 4 members (excludes halogenated alkanes) is 1. The highest BCUT2D eigenvalue weighted by atomic mass is 16.3. The molecule has 1 saturated carbocycles. The van der Waals surface area contributed by atoms with Crippen molar-refractivity contribution < 1.29 is 9.90 Å². The quantitative estimate of drug-likeness (QED) is 0.668. The molecule has 2 N–H and O–H groups in total. The number of nitrogens with zero attached hydrogens (tertiary/aromatic N) is 2. The lowest BCUT2D eigenvalue weighted by Gasteiger charge is -2.39. The molecule has 0 radical (unpaired) electrons. The van der Waals surface area contributed by atoms with Crippen molar-refractivity contribution in [2.45, 2.75) is 76.4 Å². The molecule has 2 amide bonds. The number of carbonyl (C=O) groups is 1. The predicted octanol–water partition coefficient (Wildman–Crippen LogP) is 3.77. The van der Waals surface area contributed by atoms with Crippen molar-refractivity contribution in [2.75, 3.05) is 26.2 Å². The lowest BCUT2D eigenvalue weighted by molar-refractivity contribution is 0.112. The van der Waals surface area contributed by atoms with E-state index in [9.17, 15) is 4.79 Å². The number of aliphatic hydroxyl groups excluding tert-OH is 1. The summed E-state index contributed by atoms with van der Waals surface area (Å²) in [7, 11) is 0. The highest BCUT2D eigenvalue weighted by molar-refractivity contribution is 5.75. The summed E-state index contributed by atoms with van der Waals surface area (Å²) < 4.78 is 0. The van der Waals surface area contributed by atoms with Crippen LogP contribution in [0.2, 0.25) is 0 Å². The number of likely N-dealkylation sites (tertiary alicyclic amines) is 1. The number of hydrogen-bond acceptors (Lipinski definition) is 3. The first-order chi connectivity index (χ1) is 13.8. The van der Waals surface area contributed by atoms with E-state index in [0.29, 0.717) is 12.1 Å². The second kappa shape index (κ2) is 11.4. The zero-order valence-corrected chi connectivity index (χ0v) is 17.2. The normalized spacial score (nSPS) is 19.5. The minimum absolute atomic E-state index is 0.117. The van der Waals surface area contributed by atoms with Gasteiger partial charge in [0.15, 0.2) is 0 Å². The van der Waals surface area contributed by atoms with E-state index in [0.717, 1.165) is 64.7 Å². The molecule has 3 rings (SSSR count). The second-order valence-electron chi connectivity index (χ2n) is 8.40. The molecule has 1 aromatic rings. The smallest absolute Gasteiger partial charge is 0.317 e. The Morgan fingerprint density at radius 3 is 2.43 bits per heavy atom. The van der Waals surface area contributed by atoms with Crippen molar-refractivity contribution in [3.05, 3.63) is 35.9 Å². The lowest BCUT2D eigenvalue weighted by Crippen LogP contribution is -2.53. The van der Waals surface area contributed by atoms with Gasteiger partial charge in [0.05, 0.1) is 0 Å². The zero-order chi connectivity index (χ0) is 19.6. The highest BCUT2D eigenvalue weighted by Gasteiger charge is 2.29. The van der Waals surface area contributed by atoms with Crippen LogP contribution in [-0.4, -0.2) is 59.3 Å². The van der Waals surface area contributed by atoms with E-state index in [1.807, 2.05) is 0 Å². The number of amides is 2. The summed E-state index contributed by atoms with van der Waals surface area (Å²) in [6, 6.07) is 11.4. The summed E-state index contributed by atoms with van der Waals surface area (Å²) in [4.78, 5) is 17.6. The molecule has 0 unspecified atom stereocenters. The molecule has 0 atom stereocenters. The molecule has 1 saturated heterocycles. The number of aliphatic hydroxyl groups is 1. The van der Waals surface area contributed by atoms with Crippen molar-refractivity contribution in [1.82, 2.24) is 15.1 Å². The number of benzene rings is 1. The maximum atomic E-state index is 13.0. The fourth-order valence-corrected chi connectivity index (χ4v) is 4.58. The van der Waals surface area contributed by atoms with Gasteiger partial charge in [-0.25, -0.2) is 4.79 Å². The number of carbonyl (C=O) groups excluding carboxylic acids is 1. The monoisotopic (exact) mass is 387 g/mol. The molecule has 1 aromatic carbocycles. The van der Waals surface area contributed by atoms with Crippen molar-refractivity contribution in [2.24, 2.45) is 0 Å². The van der Waals surface area contributed by atoms with Gasteiger partial charge in [0.25, 0.3) is 0 Å². The molecule has 5 heteroatoms. The summed E-state index contributed by atoms with van der Waals surface area (Å²) in [6.07, 6.45) is 9.69. The Morgan fingerprint density at radius 1 is 1.04 bits per heavy atom. The molecular weight excluding hydrogens is 350 g/mol. The van der Waals surface area contributed by atoms with E-state index in [4.69, 9.17) is 5.11 Å². The van der Waals surface area contributed by atoms with E-state index in [1.165, 1.54) is 24.8 Å². The van der Waals surface area contributed by atoms with Gasteiger partial charge in [0, 0.05) is 44.9 Å². The van der Waals surface area contributed by atoms with Gasteiger partial charge in [-0.3, -0.25) is 4.90 Å². The van der Waals surface area contributed by atoms with Gasteiger partial charge in [-0.15, -0.1) is 0 Å². The molecule has 0 aromatic heterocycles. The summed E-state index contributed by atoms with van der Waals surface area (Å²) >= 11 is 0. The number of nitrogens with one attached hydrogen (secondary N) is 1. The topological polar surface area (TPSA) is 55.8 Å². The van der Waals surface area contributed by atoms with Crippen LogP contribution in [0.3, 0.4) is 0 Å². The summed E-state index contributed by atoms with van der Waals surface area (Å²) in [5.41, 5.74) is 1.36. The van der Waals surface area contributed by atoms with Crippen LogP contribution in [0.25, 0.3) is 0 Å². The average molecular weight is 388 g/mol. The molecule has 1 aliphatic carbocycles. The summed E-state index contributed by atoms with van der Waals surface area (Å²) in [5.74, 6) is 0. The fraction of sp³-hybridized carbons (Fsp3) is 0.696. The molecule has 1 aliphatic heterocycles. The van der Waals surface area contributed by atoms with Gasteiger partial charge in [-0.1, -0.05) is 49.6 Å². The van der Waals surface area contributed by atoms with Crippen LogP contribution in [-0.2, 0) is 6.54 Å². The fourth-order valence-electron chi connectivity index (χ4n) is 4.58. The molecule has 156 valence electrons. The third-order valence-electron chi connectivity index (χ3n) is 6.25. The number of piperidine rings is 1. The van der Waals surface area contributed by atoms with Gasteiger partial charge in [-0.2, -0.15) is 0 Å². The first-order valence-electron chi connectivity index (χ1n) is 11.2. The van der Waals surface area contributed by atoms with Crippen molar-refractivity contribution in [3.63, 3.8) is 0 Å². The first-order valence-corrected chi connectivity index (χ1v) is 11.2. The molecule has 5 nitrogen and oxygen atoms in total. The standard InChI is InChI=1S/C23H37N3O2/c27-18-8-7-15-26(23(28)24-21-11-5-2-6-12-21)22-13-16-25(17-14-22)19-20-9-3-1-4-10-20/h1,3-4,9-10,21-22,27H,2,5-8,11-19H2,(H,24,28). The Labute approximate surface area is 170 Å². The number of rotatable bonds is 8. The Bertz CT molecular complexity index is 566. The average Bonchev–Trinajstić information content (AvgIpc) is 2.73. The van der Waals surface area contributed by atoms with E-state index < -0.39 is 0 Å². The Kier molecular flexibility index (Phi) is 8.62. The number of urea groups is 1. The Hall–Kier alpha value is -1.59. The van der Waals surface area contributed by atoms with E-state index in [-0.39, 0.29) is 12.6 Å². The van der Waals surface area contributed by atoms with Gasteiger partial charge >= 0.3 is 6.03 Å². The second-order valence-corrected chi connectivity index (χ2v) is 8.40. The summed E-state index contributed by atoms with van der Waals surface area (Å²) in [6.45, 7) is 4.02. The Morgan fingerprint density at radius 2 is 1.75 bits per heavy atom. The predicted molar refractivity (Wildman–Crippen MR) is 113 cm³/mol. The molecule has 2 aliphatic rings. The van der Waals surface area contributed by atoms with Crippen molar-refractivity contribution in [3.8, 4) is 0 Å². The molecule has 1 heterocycles. The maximum absolute atomic E-state index is 13.0. The van der Waals surface area contributed by atoms with E-state index in [1.54, 1.807) is 0 Å². The van der Waals surface area contributed by atoms with E-state index >= 15 is 0 Å². The maximum Gasteiger partial charge on any atom is 0.317 e. The molecule has 28 heavy (non-hydrogen) atoms. The number of hydrogen-bond donors (Lipinski definition) is 2. The molecule has 0 bridgehead atoms. The van der Waals surface area contributed by atoms with Crippen LogP contribution >= 0.6 is 0 Å². The highest BCUT2D eigenvalue weighted by Crippen LogP contribution is 2.21. The third-order valence-corrected chi connectivity index (χ3v) is 6.25. The van der Waals surface area contributed by atoms with Crippen LogP contribution in [0.5, 0.6) is 0 Å². The molecule has 0 spiro atoms. The summed E-state index contributed by atoms with van der Waals surface area (Å²) in [5, 5.41) is 12.4. The van der Waals surface area contributed by atoms with Gasteiger partial charge in [0.1, 0.15) is 0 Å². The minimum Gasteiger partial charge on any atom is -0.396 e. The van der Waals surface area contributed by atoms with Crippen molar-refractivity contribution in [1.29, 1.82) is 0 Å².